The van der Waals surface area contributed by atoms with Crippen LogP contribution in [-0.2, 0) is 6.18 Å². The summed E-state index contributed by atoms with van der Waals surface area (Å²) in [6.45, 7) is 6.06. The Hall–Kier alpha value is -1.75. The van der Waals surface area contributed by atoms with Gasteiger partial charge in [-0.25, -0.2) is 0 Å². The zero-order valence-electron chi connectivity index (χ0n) is 13.6. The number of alkyl halides is 3. The van der Waals surface area contributed by atoms with Gasteiger partial charge in [-0.1, -0.05) is 29.8 Å². The molecular formula is C19H17BrF3N. The largest absolute Gasteiger partial charge is 0.416 e. The van der Waals surface area contributed by atoms with Crippen LogP contribution in [0.3, 0.4) is 0 Å². The van der Waals surface area contributed by atoms with E-state index in [0.29, 0.717) is 11.3 Å². The molecule has 5 heteroatoms. The molecule has 0 atom stereocenters. The van der Waals surface area contributed by atoms with E-state index in [0.717, 1.165) is 27.3 Å². The third-order valence-corrected chi connectivity index (χ3v) is 4.64. The molecule has 0 aliphatic rings. The lowest BCUT2D eigenvalue weighted by Crippen LogP contribution is -2.04. The Kier molecular flexibility index (Phi) is 4.24. The molecule has 24 heavy (non-hydrogen) atoms. The van der Waals surface area contributed by atoms with E-state index in [9.17, 15) is 13.2 Å². The third-order valence-electron chi connectivity index (χ3n) is 4.18. The lowest BCUT2D eigenvalue weighted by Gasteiger charge is -2.12. The molecule has 1 heterocycles. The Morgan fingerprint density at radius 1 is 1.04 bits per heavy atom. The van der Waals surface area contributed by atoms with Crippen LogP contribution in [0.5, 0.6) is 0 Å². The fraction of sp³-hybridized carbons (Fsp3) is 0.263. The van der Waals surface area contributed by atoms with E-state index in [1.165, 1.54) is 11.6 Å². The lowest BCUT2D eigenvalue weighted by atomic mass is 10.0. The first kappa shape index (κ1) is 17.1. The topological polar surface area (TPSA) is 4.93 Å². The van der Waals surface area contributed by atoms with Crippen LogP contribution in [0.4, 0.5) is 13.2 Å². The SMILES string of the molecule is Cc1cn(-c2cc(Br)cc(C(C)C)c2)c2ccc(C(F)(F)F)cc12. The number of hydrogen-bond acceptors (Lipinski definition) is 0. The van der Waals surface area contributed by atoms with Crippen molar-refractivity contribution in [3.63, 3.8) is 0 Å². The lowest BCUT2D eigenvalue weighted by molar-refractivity contribution is -0.137. The Balaban J connectivity index is 2.21. The van der Waals surface area contributed by atoms with Gasteiger partial charge in [0.15, 0.2) is 0 Å². The summed E-state index contributed by atoms with van der Waals surface area (Å²) in [4.78, 5) is 0. The smallest absolute Gasteiger partial charge is 0.316 e. The van der Waals surface area contributed by atoms with Crippen LogP contribution < -0.4 is 0 Å². The summed E-state index contributed by atoms with van der Waals surface area (Å²) in [7, 11) is 0. The van der Waals surface area contributed by atoms with Crippen molar-refractivity contribution >= 4 is 26.8 Å². The molecule has 0 unspecified atom stereocenters. The fourth-order valence-electron chi connectivity index (χ4n) is 2.85. The summed E-state index contributed by atoms with van der Waals surface area (Å²) in [6, 6.07) is 10.0. The Labute approximate surface area is 147 Å². The van der Waals surface area contributed by atoms with Gasteiger partial charge in [-0.15, -0.1) is 0 Å². The second kappa shape index (κ2) is 5.96. The van der Waals surface area contributed by atoms with Gasteiger partial charge in [-0.3, -0.25) is 0 Å². The van der Waals surface area contributed by atoms with Gasteiger partial charge in [0.1, 0.15) is 0 Å². The predicted octanol–water partition coefficient (Wildman–Crippen LogP) is 6.84. The number of aryl methyl sites for hydroxylation is 1. The molecule has 0 aliphatic heterocycles. The van der Waals surface area contributed by atoms with Gasteiger partial charge in [-0.05, 0) is 60.4 Å². The quantitative estimate of drug-likeness (QED) is 0.447. The van der Waals surface area contributed by atoms with E-state index < -0.39 is 11.7 Å². The highest BCUT2D eigenvalue weighted by molar-refractivity contribution is 9.10. The molecular weight excluding hydrogens is 379 g/mol. The van der Waals surface area contributed by atoms with Gasteiger partial charge in [0, 0.05) is 21.7 Å². The number of fused-ring (bicyclic) bond motifs is 1. The molecule has 3 rings (SSSR count). The maximum Gasteiger partial charge on any atom is 0.416 e. The maximum atomic E-state index is 13.0. The highest BCUT2D eigenvalue weighted by Gasteiger charge is 2.30. The number of nitrogens with zero attached hydrogens (tertiary/aromatic N) is 1. The van der Waals surface area contributed by atoms with Crippen molar-refractivity contribution < 1.29 is 13.2 Å². The molecule has 3 aromatic rings. The highest BCUT2D eigenvalue weighted by atomic mass is 79.9. The first-order valence-corrected chi connectivity index (χ1v) is 8.46. The molecule has 1 aromatic heterocycles. The summed E-state index contributed by atoms with van der Waals surface area (Å²) in [5.74, 6) is 0.362. The molecule has 0 bridgehead atoms. The van der Waals surface area contributed by atoms with E-state index >= 15 is 0 Å². The van der Waals surface area contributed by atoms with E-state index in [1.54, 1.807) is 6.07 Å². The fourth-order valence-corrected chi connectivity index (χ4v) is 3.35. The van der Waals surface area contributed by atoms with Crippen molar-refractivity contribution in [2.45, 2.75) is 32.9 Å². The van der Waals surface area contributed by atoms with Crippen molar-refractivity contribution in [1.82, 2.24) is 4.57 Å². The number of rotatable bonds is 2. The minimum atomic E-state index is -4.33. The minimum absolute atomic E-state index is 0.362. The zero-order valence-corrected chi connectivity index (χ0v) is 15.2. The van der Waals surface area contributed by atoms with E-state index in [2.05, 4.69) is 41.9 Å². The van der Waals surface area contributed by atoms with Gasteiger partial charge in [0.05, 0.1) is 11.1 Å². The molecule has 126 valence electrons. The van der Waals surface area contributed by atoms with Crippen LogP contribution in [0, 0.1) is 6.92 Å². The van der Waals surface area contributed by atoms with Crippen LogP contribution >= 0.6 is 15.9 Å². The summed E-state index contributed by atoms with van der Waals surface area (Å²) >= 11 is 3.53. The first-order chi connectivity index (χ1) is 11.2. The summed E-state index contributed by atoms with van der Waals surface area (Å²) in [6.07, 6.45) is -2.44. The van der Waals surface area contributed by atoms with E-state index in [-0.39, 0.29) is 0 Å². The average molecular weight is 396 g/mol. The number of aromatic nitrogens is 1. The molecule has 0 spiro atoms. The van der Waals surface area contributed by atoms with Gasteiger partial charge in [0.25, 0.3) is 0 Å². The number of halogens is 4. The molecule has 0 aliphatic carbocycles. The average Bonchev–Trinajstić information content (AvgIpc) is 2.82. The minimum Gasteiger partial charge on any atom is -0.316 e. The molecule has 1 nitrogen and oxygen atoms in total. The van der Waals surface area contributed by atoms with Crippen LogP contribution in [0.2, 0.25) is 0 Å². The second-order valence-corrected chi connectivity index (χ2v) is 7.22. The van der Waals surface area contributed by atoms with Crippen molar-refractivity contribution in [1.29, 1.82) is 0 Å². The number of hydrogen-bond donors (Lipinski definition) is 0. The van der Waals surface area contributed by atoms with Crippen molar-refractivity contribution in [2.24, 2.45) is 0 Å². The van der Waals surface area contributed by atoms with Crippen LogP contribution in [-0.4, -0.2) is 4.57 Å². The molecule has 0 saturated heterocycles. The first-order valence-electron chi connectivity index (χ1n) is 7.66. The molecule has 0 fully saturated rings. The normalized spacial score (nSPS) is 12.3. The molecule has 0 radical (unpaired) electrons. The number of benzene rings is 2. The van der Waals surface area contributed by atoms with E-state index in [4.69, 9.17) is 0 Å². The summed E-state index contributed by atoms with van der Waals surface area (Å²) in [5.41, 5.74) is 3.08. The Morgan fingerprint density at radius 3 is 2.38 bits per heavy atom. The van der Waals surface area contributed by atoms with Crippen molar-refractivity contribution in [2.75, 3.05) is 0 Å². The van der Waals surface area contributed by atoms with E-state index in [1.807, 2.05) is 23.8 Å². The van der Waals surface area contributed by atoms with Gasteiger partial charge in [-0.2, -0.15) is 13.2 Å². The maximum absolute atomic E-state index is 13.0. The summed E-state index contributed by atoms with van der Waals surface area (Å²) in [5, 5.41) is 0.621. The zero-order chi connectivity index (χ0) is 17.6. The van der Waals surface area contributed by atoms with Crippen LogP contribution in [0.15, 0.2) is 47.1 Å². The van der Waals surface area contributed by atoms with Gasteiger partial charge in [0.2, 0.25) is 0 Å². The molecule has 0 N–H and O–H groups in total. The molecule has 0 saturated carbocycles. The van der Waals surface area contributed by atoms with Crippen molar-refractivity contribution in [3.8, 4) is 5.69 Å². The Bertz CT molecular complexity index is 907. The molecule has 2 aromatic carbocycles. The van der Waals surface area contributed by atoms with Gasteiger partial charge < -0.3 is 4.57 Å². The predicted molar refractivity (Wildman–Crippen MR) is 94.8 cm³/mol. The third kappa shape index (κ3) is 3.09. The van der Waals surface area contributed by atoms with Crippen LogP contribution in [0.25, 0.3) is 16.6 Å². The second-order valence-electron chi connectivity index (χ2n) is 6.31. The van der Waals surface area contributed by atoms with Crippen LogP contribution in [0.1, 0.15) is 36.5 Å². The summed E-state index contributed by atoms with van der Waals surface area (Å²) < 4.78 is 41.8. The monoisotopic (exact) mass is 395 g/mol. The highest BCUT2D eigenvalue weighted by Crippen LogP contribution is 2.34. The standard InChI is InChI=1S/C19H17BrF3N/c1-11(2)13-6-15(20)9-16(7-13)24-10-12(3)17-8-14(19(21,22)23)4-5-18(17)24/h4-11H,1-3H3. The van der Waals surface area contributed by atoms with Gasteiger partial charge >= 0.3 is 6.18 Å². The molecule has 0 amide bonds. The Morgan fingerprint density at radius 2 is 1.75 bits per heavy atom. The van der Waals surface area contributed by atoms with Crippen molar-refractivity contribution in [3.05, 3.63) is 63.8 Å².